The maximum atomic E-state index is 13.7. The zero-order valence-electron chi connectivity index (χ0n) is 19.8. The monoisotopic (exact) mass is 497 g/mol. The third-order valence-electron chi connectivity index (χ3n) is 5.57. The summed E-state index contributed by atoms with van der Waals surface area (Å²) < 4.78 is 36.0. The van der Waals surface area contributed by atoms with Gasteiger partial charge < -0.3 is 30.2 Å². The van der Waals surface area contributed by atoms with E-state index in [1.165, 1.54) is 26.1 Å². The average Bonchev–Trinajstić information content (AvgIpc) is 3.22. The van der Waals surface area contributed by atoms with Gasteiger partial charge in [-0.15, -0.1) is 0 Å². The first-order valence-electron chi connectivity index (χ1n) is 10.9. The molecule has 1 heterocycles. The summed E-state index contributed by atoms with van der Waals surface area (Å²) in [6, 6.07) is 7.22. The molecule has 0 amide bonds. The fourth-order valence-electron chi connectivity index (χ4n) is 3.67. The molecule has 7 atom stereocenters. The molecule has 2 fully saturated rings. The second-order valence-corrected chi connectivity index (χ2v) is 10.6. The van der Waals surface area contributed by atoms with Gasteiger partial charge in [-0.25, -0.2) is 4.57 Å². The fraction of sp³-hybridized carbons (Fsp3) is 0.545. The third-order valence-corrected chi connectivity index (χ3v) is 7.23. The van der Waals surface area contributed by atoms with Gasteiger partial charge in [0, 0.05) is 6.20 Å². The van der Waals surface area contributed by atoms with Gasteiger partial charge in [-0.2, -0.15) is 5.09 Å². The van der Waals surface area contributed by atoms with Crippen LogP contribution in [0.15, 0.2) is 42.6 Å². The molecule has 0 radical (unpaired) electrons. The number of nitrogens with one attached hydrogen (secondary N) is 2. The maximum absolute atomic E-state index is 13.7. The van der Waals surface area contributed by atoms with E-state index in [1.54, 1.807) is 51.1 Å². The molecule has 0 aromatic heterocycles. The molecule has 2 unspecified atom stereocenters. The van der Waals surface area contributed by atoms with Crippen molar-refractivity contribution < 1.29 is 37.8 Å². The number of allylic oxidation sites excluding steroid dienone is 1. The topological polar surface area (TPSA) is 158 Å². The predicted octanol–water partition coefficient (Wildman–Crippen LogP) is 1.37. The molecule has 34 heavy (non-hydrogen) atoms. The van der Waals surface area contributed by atoms with Crippen LogP contribution in [-0.2, 0) is 28.2 Å². The number of hydrogen-bond donors (Lipinski definition) is 4. The van der Waals surface area contributed by atoms with Gasteiger partial charge in [0.05, 0.1) is 11.6 Å². The summed E-state index contributed by atoms with van der Waals surface area (Å²) in [6.07, 6.45) is -0.547. The molecular weight excluding hydrogens is 465 g/mol. The van der Waals surface area contributed by atoms with Crippen molar-refractivity contribution in [1.82, 2.24) is 10.4 Å². The number of para-hydroxylation sites is 1. The molecule has 0 bridgehead atoms. The minimum absolute atomic E-state index is 0.176. The maximum Gasteiger partial charge on any atom is 0.459 e. The number of fused-ring (bicyclic) bond motifs is 1. The van der Waals surface area contributed by atoms with E-state index in [0.717, 1.165) is 0 Å². The lowest BCUT2D eigenvalue weighted by atomic mass is 9.92. The van der Waals surface area contributed by atoms with Gasteiger partial charge in [0.25, 0.3) is 0 Å². The minimum Gasteiger partial charge on any atom is -0.462 e. The predicted molar refractivity (Wildman–Crippen MR) is 123 cm³/mol. The summed E-state index contributed by atoms with van der Waals surface area (Å²) in [7, 11) is -4.22. The normalized spacial score (nSPS) is 32.6. The molecule has 0 spiro atoms. The van der Waals surface area contributed by atoms with Crippen LogP contribution >= 0.6 is 7.75 Å². The SMILES string of the molecule is CC(=O)/C=C\N[C@@H]1O[C@@H]2C(OP(=O)(N[C@H](C)C(=O)OC(C)C)Oc3ccccc3)[C@]2(O)[C@@]1(C)N. The zero-order chi connectivity index (χ0) is 25.3. The molecule has 1 aromatic carbocycles. The smallest absolute Gasteiger partial charge is 0.459 e. The van der Waals surface area contributed by atoms with E-state index in [4.69, 9.17) is 24.3 Å². The molecule has 5 N–H and O–H groups in total. The molecule has 1 aliphatic carbocycles. The second kappa shape index (κ2) is 9.77. The Labute approximate surface area is 198 Å². The molecule has 2 aliphatic rings. The van der Waals surface area contributed by atoms with Crippen LogP contribution in [0, 0.1) is 0 Å². The van der Waals surface area contributed by atoms with Crippen LogP contribution in [0.2, 0.25) is 0 Å². The highest BCUT2D eigenvalue weighted by Gasteiger charge is 2.82. The molecule has 12 heteroatoms. The molecule has 1 saturated heterocycles. The quantitative estimate of drug-likeness (QED) is 0.199. The van der Waals surface area contributed by atoms with E-state index >= 15 is 0 Å². The molecule has 1 aromatic rings. The van der Waals surface area contributed by atoms with Gasteiger partial charge in [-0.1, -0.05) is 18.2 Å². The highest BCUT2D eigenvalue weighted by molar-refractivity contribution is 7.52. The van der Waals surface area contributed by atoms with Crippen LogP contribution in [0.4, 0.5) is 0 Å². The molecular formula is C22H32N3O8P. The van der Waals surface area contributed by atoms with Gasteiger partial charge in [0.2, 0.25) is 0 Å². The summed E-state index contributed by atoms with van der Waals surface area (Å²) in [4.78, 5) is 23.4. The number of ether oxygens (including phenoxy) is 2. The van der Waals surface area contributed by atoms with Crippen LogP contribution in [0.5, 0.6) is 5.75 Å². The van der Waals surface area contributed by atoms with Crippen molar-refractivity contribution in [2.24, 2.45) is 5.73 Å². The van der Waals surface area contributed by atoms with Gasteiger partial charge in [-0.05, 0) is 52.8 Å². The van der Waals surface area contributed by atoms with E-state index in [-0.39, 0.29) is 17.6 Å². The van der Waals surface area contributed by atoms with E-state index in [9.17, 15) is 19.3 Å². The second-order valence-electron chi connectivity index (χ2n) is 8.92. The first-order valence-corrected chi connectivity index (χ1v) is 12.5. The number of aliphatic hydroxyl groups is 1. The van der Waals surface area contributed by atoms with Gasteiger partial charge in [0.1, 0.15) is 35.8 Å². The first-order chi connectivity index (χ1) is 15.8. The lowest BCUT2D eigenvalue weighted by molar-refractivity contribution is -0.149. The summed E-state index contributed by atoms with van der Waals surface area (Å²) in [6.45, 7) is 7.78. The van der Waals surface area contributed by atoms with Crippen LogP contribution in [0.25, 0.3) is 0 Å². The van der Waals surface area contributed by atoms with Crippen molar-refractivity contribution in [2.45, 2.75) is 76.3 Å². The van der Waals surface area contributed by atoms with Crippen LogP contribution in [0.1, 0.15) is 34.6 Å². The highest BCUT2D eigenvalue weighted by Crippen LogP contribution is 2.61. The van der Waals surface area contributed by atoms with E-state index in [0.29, 0.717) is 0 Å². The number of esters is 1. The van der Waals surface area contributed by atoms with Gasteiger partial charge in [0.15, 0.2) is 5.78 Å². The van der Waals surface area contributed by atoms with Gasteiger partial charge in [-0.3, -0.25) is 14.1 Å². The number of carbonyl (C=O) groups excluding carboxylic acids is 2. The molecule has 3 rings (SSSR count). The Morgan fingerprint density at radius 2 is 1.91 bits per heavy atom. The average molecular weight is 497 g/mol. The summed E-state index contributed by atoms with van der Waals surface area (Å²) in [5.41, 5.74) is 3.29. The van der Waals surface area contributed by atoms with Crippen LogP contribution < -0.4 is 20.7 Å². The minimum atomic E-state index is -4.22. The Hall–Kier alpha value is -2.27. The number of rotatable bonds is 11. The Bertz CT molecular complexity index is 986. The van der Waals surface area contributed by atoms with Crippen LogP contribution in [-0.4, -0.2) is 58.6 Å². The lowest BCUT2D eigenvalue weighted by Gasteiger charge is -2.34. The lowest BCUT2D eigenvalue weighted by Crippen LogP contribution is -2.61. The molecule has 1 aliphatic heterocycles. The standard InChI is InChI=1S/C22H32N3O8P/c1-13(2)30-19(27)15(4)25-34(29,32-16-9-7-6-8-10-16)33-18-17-22(18,28)21(5,23)20(31-17)24-12-11-14(3)26/h6-13,15,17-18,20,24,28H,23H2,1-5H3,(H,25,29)/b12-11-/t15-,17-,18?,20-,21+,22+,34?/m1/s1. The Kier molecular flexibility index (Phi) is 7.57. The number of carbonyl (C=O) groups is 2. The van der Waals surface area contributed by atoms with E-state index in [2.05, 4.69) is 10.4 Å². The molecule has 11 nitrogen and oxygen atoms in total. The third kappa shape index (κ3) is 5.35. The molecule has 1 saturated carbocycles. The van der Waals surface area contributed by atoms with Crippen molar-refractivity contribution in [2.75, 3.05) is 0 Å². The summed E-state index contributed by atoms with van der Waals surface area (Å²) >= 11 is 0. The van der Waals surface area contributed by atoms with Crippen molar-refractivity contribution in [3.8, 4) is 5.75 Å². The largest absolute Gasteiger partial charge is 0.462 e. The van der Waals surface area contributed by atoms with Crippen molar-refractivity contribution in [3.05, 3.63) is 42.6 Å². The highest BCUT2D eigenvalue weighted by atomic mass is 31.2. The van der Waals surface area contributed by atoms with Crippen molar-refractivity contribution >= 4 is 19.5 Å². The number of hydrogen-bond acceptors (Lipinski definition) is 10. The number of benzene rings is 1. The first kappa shape index (κ1) is 26.3. The number of ketones is 1. The van der Waals surface area contributed by atoms with Crippen LogP contribution in [0.3, 0.4) is 0 Å². The van der Waals surface area contributed by atoms with Crippen molar-refractivity contribution in [1.29, 1.82) is 0 Å². The number of nitrogens with two attached hydrogens (primary N) is 1. The Balaban J connectivity index is 1.76. The Morgan fingerprint density at radius 3 is 2.44 bits per heavy atom. The summed E-state index contributed by atoms with van der Waals surface area (Å²) in [5, 5.41) is 16.6. The molecule has 188 valence electrons. The fourth-order valence-corrected chi connectivity index (χ4v) is 5.38. The summed E-state index contributed by atoms with van der Waals surface area (Å²) in [5.74, 6) is -0.595. The van der Waals surface area contributed by atoms with Crippen molar-refractivity contribution in [3.63, 3.8) is 0 Å². The zero-order valence-corrected chi connectivity index (χ0v) is 20.7. The van der Waals surface area contributed by atoms with E-state index < -0.39 is 49.3 Å². The Morgan fingerprint density at radius 1 is 1.26 bits per heavy atom. The van der Waals surface area contributed by atoms with Gasteiger partial charge >= 0.3 is 13.7 Å². The van der Waals surface area contributed by atoms with E-state index in [1.807, 2.05) is 0 Å².